The first-order valence-corrected chi connectivity index (χ1v) is 6.32. The molecule has 0 bridgehead atoms. The number of hydrogen-bond donors (Lipinski definition) is 3. The van der Waals surface area contributed by atoms with Crippen molar-refractivity contribution in [1.29, 1.82) is 0 Å². The molecule has 2 heterocycles. The summed E-state index contributed by atoms with van der Waals surface area (Å²) in [5.74, 6) is -0.398. The average molecular weight is 267 g/mol. The van der Waals surface area contributed by atoms with E-state index in [-0.39, 0.29) is 24.3 Å². The van der Waals surface area contributed by atoms with Gasteiger partial charge < -0.3 is 20.5 Å². The number of carbonyl (C=O) groups is 2. The van der Waals surface area contributed by atoms with Gasteiger partial charge in [-0.15, -0.1) is 0 Å². The minimum atomic E-state index is -0.515. The van der Waals surface area contributed by atoms with Crippen LogP contribution in [0, 0.1) is 0 Å². The molecule has 1 aromatic rings. The highest BCUT2D eigenvalue weighted by Gasteiger charge is 2.24. The Kier molecular flexibility index (Phi) is 4.45. The standard InChI is InChI=1S/C11H17N5O3/c1-2-12-8(17)6-14-10(18)9-15-11(19-16-9)7-4-3-5-13-7/h7,13H,2-6H2,1H3,(H,12,17)(H,14,18). The number of likely N-dealkylation sites (N-methyl/N-ethyl adjacent to an activating group) is 1. The first-order chi connectivity index (χ1) is 9.20. The summed E-state index contributed by atoms with van der Waals surface area (Å²) in [6.45, 7) is 3.14. The third-order valence-corrected chi connectivity index (χ3v) is 2.79. The Balaban J connectivity index is 1.87. The van der Waals surface area contributed by atoms with E-state index in [1.165, 1.54) is 0 Å². The molecular weight excluding hydrogens is 250 g/mol. The lowest BCUT2D eigenvalue weighted by Gasteiger charge is -2.02. The Bertz CT molecular complexity index is 453. The highest BCUT2D eigenvalue weighted by atomic mass is 16.5. The average Bonchev–Trinajstić information content (AvgIpc) is 3.06. The quantitative estimate of drug-likeness (QED) is 0.654. The number of hydrogen-bond acceptors (Lipinski definition) is 6. The normalized spacial score (nSPS) is 18.3. The van der Waals surface area contributed by atoms with Gasteiger partial charge in [-0.1, -0.05) is 5.16 Å². The molecule has 1 unspecified atom stereocenters. The fourth-order valence-corrected chi connectivity index (χ4v) is 1.86. The lowest BCUT2D eigenvalue weighted by atomic mass is 10.2. The lowest BCUT2D eigenvalue weighted by molar-refractivity contribution is -0.120. The van der Waals surface area contributed by atoms with Crippen molar-refractivity contribution in [2.75, 3.05) is 19.6 Å². The molecule has 3 N–H and O–H groups in total. The topological polar surface area (TPSA) is 109 Å². The van der Waals surface area contributed by atoms with Gasteiger partial charge in [-0.25, -0.2) is 0 Å². The zero-order valence-electron chi connectivity index (χ0n) is 10.7. The van der Waals surface area contributed by atoms with Gasteiger partial charge in [0.25, 0.3) is 11.7 Å². The molecule has 1 aliphatic heterocycles. The maximum atomic E-state index is 11.7. The summed E-state index contributed by atoms with van der Waals surface area (Å²) < 4.78 is 5.04. The summed E-state index contributed by atoms with van der Waals surface area (Å²) in [4.78, 5) is 26.9. The van der Waals surface area contributed by atoms with Crippen LogP contribution in [0.1, 0.15) is 42.3 Å². The Morgan fingerprint density at radius 2 is 2.32 bits per heavy atom. The van der Waals surface area contributed by atoms with Gasteiger partial charge in [-0.05, 0) is 26.3 Å². The molecule has 1 fully saturated rings. The molecular formula is C11H17N5O3. The molecule has 1 aliphatic rings. The second-order valence-electron chi connectivity index (χ2n) is 4.24. The first kappa shape index (κ1) is 13.5. The van der Waals surface area contributed by atoms with Gasteiger partial charge in [-0.3, -0.25) is 9.59 Å². The number of nitrogens with zero attached hydrogens (tertiary/aromatic N) is 2. The van der Waals surface area contributed by atoms with E-state index < -0.39 is 5.91 Å². The van der Waals surface area contributed by atoms with Crippen LogP contribution >= 0.6 is 0 Å². The third kappa shape index (κ3) is 3.50. The smallest absolute Gasteiger partial charge is 0.293 e. The number of amides is 2. The monoisotopic (exact) mass is 267 g/mol. The van der Waals surface area contributed by atoms with Crippen LogP contribution < -0.4 is 16.0 Å². The summed E-state index contributed by atoms with van der Waals surface area (Å²) >= 11 is 0. The minimum absolute atomic E-state index is 0.0254. The lowest BCUT2D eigenvalue weighted by Crippen LogP contribution is -2.37. The van der Waals surface area contributed by atoms with Gasteiger partial charge in [0.2, 0.25) is 11.8 Å². The fourth-order valence-electron chi connectivity index (χ4n) is 1.86. The van der Waals surface area contributed by atoms with E-state index in [1.807, 2.05) is 0 Å². The zero-order valence-corrected chi connectivity index (χ0v) is 10.7. The summed E-state index contributed by atoms with van der Waals surface area (Å²) in [6.07, 6.45) is 1.97. The predicted octanol–water partition coefficient (Wildman–Crippen LogP) is -0.640. The van der Waals surface area contributed by atoms with Crippen molar-refractivity contribution in [3.63, 3.8) is 0 Å². The SMILES string of the molecule is CCNC(=O)CNC(=O)c1noc(C2CCCN2)n1. The second kappa shape index (κ2) is 6.28. The van der Waals surface area contributed by atoms with E-state index in [0.29, 0.717) is 12.4 Å². The molecule has 8 heteroatoms. The van der Waals surface area contributed by atoms with Crippen molar-refractivity contribution in [3.8, 4) is 0 Å². The van der Waals surface area contributed by atoms with Crippen molar-refractivity contribution in [2.45, 2.75) is 25.8 Å². The Hall–Kier alpha value is -1.96. The Morgan fingerprint density at radius 3 is 3.00 bits per heavy atom. The maximum Gasteiger partial charge on any atom is 0.293 e. The van der Waals surface area contributed by atoms with E-state index in [0.717, 1.165) is 19.4 Å². The Labute approximate surface area is 110 Å². The van der Waals surface area contributed by atoms with Gasteiger partial charge >= 0.3 is 0 Å². The Morgan fingerprint density at radius 1 is 1.47 bits per heavy atom. The van der Waals surface area contributed by atoms with Crippen molar-refractivity contribution >= 4 is 11.8 Å². The molecule has 1 aromatic heterocycles. The van der Waals surface area contributed by atoms with Crippen molar-refractivity contribution in [3.05, 3.63) is 11.7 Å². The molecule has 8 nitrogen and oxygen atoms in total. The van der Waals surface area contributed by atoms with Gasteiger partial charge in [0.1, 0.15) is 0 Å². The van der Waals surface area contributed by atoms with Gasteiger partial charge in [-0.2, -0.15) is 4.98 Å². The van der Waals surface area contributed by atoms with E-state index in [4.69, 9.17) is 4.52 Å². The maximum absolute atomic E-state index is 11.7. The van der Waals surface area contributed by atoms with Crippen molar-refractivity contribution in [1.82, 2.24) is 26.1 Å². The summed E-state index contributed by atoms with van der Waals surface area (Å²) in [5, 5.41) is 11.8. The largest absolute Gasteiger partial charge is 0.355 e. The van der Waals surface area contributed by atoms with Crippen LogP contribution in [0.2, 0.25) is 0 Å². The number of rotatable bonds is 5. The molecule has 104 valence electrons. The molecule has 0 aliphatic carbocycles. The van der Waals surface area contributed by atoms with Crippen LogP contribution in [0.4, 0.5) is 0 Å². The molecule has 0 spiro atoms. The number of carbonyl (C=O) groups excluding carboxylic acids is 2. The molecule has 0 saturated carbocycles. The van der Waals surface area contributed by atoms with E-state index in [1.54, 1.807) is 6.92 Å². The van der Waals surface area contributed by atoms with Crippen LogP contribution in [-0.2, 0) is 4.79 Å². The number of aromatic nitrogens is 2. The molecule has 1 atom stereocenters. The molecule has 2 amide bonds. The van der Waals surface area contributed by atoms with Crippen LogP contribution in [0.3, 0.4) is 0 Å². The van der Waals surface area contributed by atoms with E-state index >= 15 is 0 Å². The molecule has 19 heavy (non-hydrogen) atoms. The molecule has 0 aromatic carbocycles. The van der Waals surface area contributed by atoms with Crippen LogP contribution in [-0.4, -0.2) is 41.6 Å². The summed E-state index contributed by atoms with van der Waals surface area (Å²) in [6, 6.07) is 0.0254. The highest BCUT2D eigenvalue weighted by molar-refractivity contribution is 5.93. The van der Waals surface area contributed by atoms with Gasteiger partial charge in [0, 0.05) is 6.54 Å². The second-order valence-corrected chi connectivity index (χ2v) is 4.24. The van der Waals surface area contributed by atoms with Gasteiger partial charge in [0.15, 0.2) is 0 Å². The van der Waals surface area contributed by atoms with Crippen LogP contribution in [0.15, 0.2) is 4.52 Å². The molecule has 2 rings (SSSR count). The highest BCUT2D eigenvalue weighted by Crippen LogP contribution is 2.20. The third-order valence-electron chi connectivity index (χ3n) is 2.79. The molecule has 1 saturated heterocycles. The van der Waals surface area contributed by atoms with Crippen molar-refractivity contribution < 1.29 is 14.1 Å². The van der Waals surface area contributed by atoms with Crippen LogP contribution in [0.5, 0.6) is 0 Å². The predicted molar refractivity (Wildman–Crippen MR) is 65.3 cm³/mol. The number of nitrogens with one attached hydrogen (secondary N) is 3. The zero-order chi connectivity index (χ0) is 13.7. The first-order valence-electron chi connectivity index (χ1n) is 6.32. The summed E-state index contributed by atoms with van der Waals surface area (Å²) in [5.41, 5.74) is 0. The summed E-state index contributed by atoms with van der Waals surface area (Å²) in [7, 11) is 0. The minimum Gasteiger partial charge on any atom is -0.355 e. The fraction of sp³-hybridized carbons (Fsp3) is 0.636. The van der Waals surface area contributed by atoms with Crippen molar-refractivity contribution in [2.24, 2.45) is 0 Å². The van der Waals surface area contributed by atoms with Crippen LogP contribution in [0.25, 0.3) is 0 Å². The molecule has 0 radical (unpaired) electrons. The van der Waals surface area contributed by atoms with Gasteiger partial charge in [0.05, 0.1) is 12.6 Å². The van der Waals surface area contributed by atoms with E-state index in [9.17, 15) is 9.59 Å². The van der Waals surface area contributed by atoms with E-state index in [2.05, 4.69) is 26.1 Å².